The Morgan fingerprint density at radius 3 is 2.65 bits per heavy atom. The Morgan fingerprint density at radius 1 is 1.48 bits per heavy atom. The number of aliphatic hydroxyl groups excluding tert-OH is 1. The largest absolute Gasteiger partial charge is 0.391 e. The van der Waals surface area contributed by atoms with Gasteiger partial charge in [0.2, 0.25) is 11.8 Å². The maximum absolute atomic E-state index is 13.1. The summed E-state index contributed by atoms with van der Waals surface area (Å²) in [5, 5.41) is 12.6. The standard InChI is InChI=1S/C16H20ClFN2O3/c1-9(21)14(19-15(22)10-3-4-10)16(23)20(2)8-11-5-6-12(18)7-13(11)17/h5-7,9-10,14,21H,3-4,8H2,1-2H3,(H,19,22)/t9-,14+/m1/s1. The highest BCUT2D eigenvalue weighted by Gasteiger charge is 2.35. The molecule has 0 saturated heterocycles. The van der Waals surface area contributed by atoms with Gasteiger partial charge in [-0.25, -0.2) is 4.39 Å². The fraction of sp³-hybridized carbons (Fsp3) is 0.500. The summed E-state index contributed by atoms with van der Waals surface area (Å²) < 4.78 is 13.1. The maximum Gasteiger partial charge on any atom is 0.247 e. The molecule has 0 bridgehead atoms. The van der Waals surface area contributed by atoms with Crippen LogP contribution in [-0.4, -0.2) is 41.0 Å². The summed E-state index contributed by atoms with van der Waals surface area (Å²) in [7, 11) is 1.54. The molecule has 7 heteroatoms. The predicted molar refractivity (Wildman–Crippen MR) is 84.2 cm³/mol. The zero-order valence-electron chi connectivity index (χ0n) is 13.1. The van der Waals surface area contributed by atoms with E-state index in [9.17, 15) is 19.1 Å². The second-order valence-electron chi connectivity index (χ2n) is 5.93. The Balaban J connectivity index is 2.04. The summed E-state index contributed by atoms with van der Waals surface area (Å²) in [6.45, 7) is 1.61. The Morgan fingerprint density at radius 2 is 2.13 bits per heavy atom. The van der Waals surface area contributed by atoms with E-state index in [1.54, 1.807) is 7.05 Å². The van der Waals surface area contributed by atoms with Crippen LogP contribution in [-0.2, 0) is 16.1 Å². The van der Waals surface area contributed by atoms with E-state index < -0.39 is 23.9 Å². The van der Waals surface area contributed by atoms with Gasteiger partial charge in [-0.2, -0.15) is 0 Å². The average molecular weight is 343 g/mol. The Kier molecular flexibility index (Phi) is 5.59. The van der Waals surface area contributed by atoms with Crippen molar-refractivity contribution < 1.29 is 19.1 Å². The second kappa shape index (κ2) is 7.27. The summed E-state index contributed by atoms with van der Waals surface area (Å²) in [6.07, 6.45) is 0.609. The van der Waals surface area contributed by atoms with Crippen molar-refractivity contribution in [3.05, 3.63) is 34.6 Å². The van der Waals surface area contributed by atoms with Gasteiger partial charge in [-0.1, -0.05) is 17.7 Å². The van der Waals surface area contributed by atoms with Crippen LogP contribution in [0.15, 0.2) is 18.2 Å². The minimum atomic E-state index is -1.02. The molecular formula is C16H20ClFN2O3. The van der Waals surface area contributed by atoms with Crippen LogP contribution in [0.2, 0.25) is 5.02 Å². The molecule has 2 N–H and O–H groups in total. The third-order valence-electron chi connectivity index (χ3n) is 3.79. The van der Waals surface area contributed by atoms with E-state index in [2.05, 4.69) is 5.32 Å². The van der Waals surface area contributed by atoms with Gasteiger partial charge in [0.15, 0.2) is 0 Å². The van der Waals surface area contributed by atoms with Crippen LogP contribution in [0.5, 0.6) is 0 Å². The van der Waals surface area contributed by atoms with Crippen molar-refractivity contribution in [1.82, 2.24) is 10.2 Å². The predicted octanol–water partition coefficient (Wildman–Crippen LogP) is 1.71. The smallest absolute Gasteiger partial charge is 0.247 e. The van der Waals surface area contributed by atoms with Crippen molar-refractivity contribution in [2.24, 2.45) is 5.92 Å². The number of amides is 2. The van der Waals surface area contributed by atoms with E-state index in [-0.39, 0.29) is 23.4 Å². The summed E-state index contributed by atoms with van der Waals surface area (Å²) in [5.74, 6) is -1.14. The molecule has 23 heavy (non-hydrogen) atoms. The highest BCUT2D eigenvalue weighted by Crippen LogP contribution is 2.29. The van der Waals surface area contributed by atoms with Gasteiger partial charge in [-0.05, 0) is 37.5 Å². The lowest BCUT2D eigenvalue weighted by Gasteiger charge is -2.26. The van der Waals surface area contributed by atoms with Crippen LogP contribution in [0.25, 0.3) is 0 Å². The minimum Gasteiger partial charge on any atom is -0.391 e. The quantitative estimate of drug-likeness (QED) is 0.827. The van der Waals surface area contributed by atoms with Crippen LogP contribution in [0.3, 0.4) is 0 Å². The van der Waals surface area contributed by atoms with E-state index in [1.165, 1.54) is 30.0 Å². The van der Waals surface area contributed by atoms with Crippen molar-refractivity contribution in [1.29, 1.82) is 0 Å². The molecule has 1 saturated carbocycles. The third kappa shape index (κ3) is 4.65. The number of halogens is 2. The number of hydrogen-bond donors (Lipinski definition) is 2. The first-order valence-corrected chi connectivity index (χ1v) is 7.84. The molecule has 0 spiro atoms. The van der Waals surface area contributed by atoms with E-state index >= 15 is 0 Å². The summed E-state index contributed by atoms with van der Waals surface area (Å²) in [4.78, 5) is 25.7. The van der Waals surface area contributed by atoms with Crippen molar-refractivity contribution in [2.75, 3.05) is 7.05 Å². The molecular weight excluding hydrogens is 323 g/mol. The molecule has 1 aromatic rings. The number of aliphatic hydroxyl groups is 1. The highest BCUT2D eigenvalue weighted by atomic mass is 35.5. The molecule has 1 aliphatic carbocycles. The lowest BCUT2D eigenvalue weighted by atomic mass is 10.1. The molecule has 1 aliphatic rings. The molecule has 0 aliphatic heterocycles. The fourth-order valence-corrected chi connectivity index (χ4v) is 2.45. The topological polar surface area (TPSA) is 69.6 Å². The zero-order valence-corrected chi connectivity index (χ0v) is 13.8. The maximum atomic E-state index is 13.1. The third-order valence-corrected chi connectivity index (χ3v) is 4.15. The summed E-state index contributed by atoms with van der Waals surface area (Å²) >= 11 is 5.96. The molecule has 0 unspecified atom stereocenters. The molecule has 5 nitrogen and oxygen atoms in total. The normalized spacial score (nSPS) is 16.6. The van der Waals surface area contributed by atoms with Gasteiger partial charge in [0.05, 0.1) is 6.10 Å². The van der Waals surface area contributed by atoms with Crippen LogP contribution < -0.4 is 5.32 Å². The number of benzene rings is 1. The number of carbonyl (C=O) groups is 2. The number of likely N-dealkylation sites (N-methyl/N-ethyl adjacent to an activating group) is 1. The molecule has 126 valence electrons. The first-order valence-electron chi connectivity index (χ1n) is 7.47. The molecule has 1 fully saturated rings. The lowest BCUT2D eigenvalue weighted by molar-refractivity contribution is -0.139. The Hall–Kier alpha value is -1.66. The van der Waals surface area contributed by atoms with Crippen molar-refractivity contribution in [2.45, 2.75) is 38.5 Å². The van der Waals surface area contributed by atoms with Crippen molar-refractivity contribution in [3.63, 3.8) is 0 Å². The van der Waals surface area contributed by atoms with Crippen LogP contribution in [0.4, 0.5) is 4.39 Å². The monoisotopic (exact) mass is 342 g/mol. The van der Waals surface area contributed by atoms with Crippen LogP contribution in [0, 0.1) is 11.7 Å². The number of nitrogens with zero attached hydrogens (tertiary/aromatic N) is 1. The lowest BCUT2D eigenvalue weighted by Crippen LogP contribution is -2.53. The van der Waals surface area contributed by atoms with Gasteiger partial charge in [-0.15, -0.1) is 0 Å². The van der Waals surface area contributed by atoms with Gasteiger partial charge in [0, 0.05) is 24.5 Å². The Bertz CT molecular complexity index is 605. The van der Waals surface area contributed by atoms with Gasteiger partial charge >= 0.3 is 0 Å². The van der Waals surface area contributed by atoms with Gasteiger partial charge in [0.25, 0.3) is 0 Å². The first kappa shape index (κ1) is 17.7. The van der Waals surface area contributed by atoms with Crippen molar-refractivity contribution >= 4 is 23.4 Å². The molecule has 2 atom stereocenters. The molecule has 0 aromatic heterocycles. The fourth-order valence-electron chi connectivity index (χ4n) is 2.23. The van der Waals surface area contributed by atoms with Gasteiger partial charge in [-0.3, -0.25) is 9.59 Å². The van der Waals surface area contributed by atoms with Crippen LogP contribution >= 0.6 is 11.6 Å². The SMILES string of the molecule is C[C@@H](O)[C@H](NC(=O)C1CC1)C(=O)N(C)Cc1ccc(F)cc1Cl. The number of hydrogen-bond acceptors (Lipinski definition) is 3. The molecule has 0 radical (unpaired) electrons. The van der Waals surface area contributed by atoms with E-state index in [0.29, 0.717) is 5.56 Å². The number of rotatable bonds is 6. The second-order valence-corrected chi connectivity index (χ2v) is 6.34. The number of carbonyl (C=O) groups excluding carboxylic acids is 2. The van der Waals surface area contributed by atoms with E-state index in [1.807, 2.05) is 0 Å². The van der Waals surface area contributed by atoms with Crippen LogP contribution in [0.1, 0.15) is 25.3 Å². The minimum absolute atomic E-state index is 0.0547. The Labute approximate surface area is 139 Å². The van der Waals surface area contributed by atoms with Gasteiger partial charge in [0.1, 0.15) is 11.9 Å². The molecule has 2 amide bonds. The average Bonchev–Trinajstić information content (AvgIpc) is 3.31. The van der Waals surface area contributed by atoms with Gasteiger partial charge < -0.3 is 15.3 Å². The first-order chi connectivity index (χ1) is 10.8. The summed E-state index contributed by atoms with van der Waals surface area (Å²) in [6, 6.07) is 2.94. The molecule has 2 rings (SSSR count). The molecule has 1 aromatic carbocycles. The van der Waals surface area contributed by atoms with E-state index in [4.69, 9.17) is 11.6 Å². The number of nitrogens with one attached hydrogen (secondary N) is 1. The zero-order chi connectivity index (χ0) is 17.1. The summed E-state index contributed by atoms with van der Waals surface area (Å²) in [5.41, 5.74) is 0.585. The molecule has 0 heterocycles. The van der Waals surface area contributed by atoms with E-state index in [0.717, 1.165) is 12.8 Å². The van der Waals surface area contributed by atoms with Crippen molar-refractivity contribution in [3.8, 4) is 0 Å². The highest BCUT2D eigenvalue weighted by molar-refractivity contribution is 6.31.